The molecular formula is C10H17Cl2N3O2. The van der Waals surface area contributed by atoms with E-state index in [0.717, 1.165) is 5.69 Å². The van der Waals surface area contributed by atoms with Crippen LogP contribution < -0.4 is 11.1 Å². The fourth-order valence-corrected chi connectivity index (χ4v) is 1.16. The third-order valence-corrected chi connectivity index (χ3v) is 1.96. The molecule has 1 aromatic rings. The van der Waals surface area contributed by atoms with Crippen molar-refractivity contribution in [1.82, 2.24) is 4.98 Å². The lowest BCUT2D eigenvalue weighted by atomic mass is 10.3. The summed E-state index contributed by atoms with van der Waals surface area (Å²) >= 11 is 0. The molecule has 0 fully saturated rings. The summed E-state index contributed by atoms with van der Waals surface area (Å²) < 4.78 is 4.91. The Morgan fingerprint density at radius 1 is 1.59 bits per heavy atom. The van der Waals surface area contributed by atoms with Gasteiger partial charge in [0, 0.05) is 31.2 Å². The number of rotatable bonds is 4. The average Bonchev–Trinajstić information content (AvgIpc) is 2.19. The highest BCUT2D eigenvalue weighted by atomic mass is 35.5. The Labute approximate surface area is 113 Å². The molecular weight excluding hydrogens is 265 g/mol. The van der Waals surface area contributed by atoms with Gasteiger partial charge in [-0.1, -0.05) is 0 Å². The maximum Gasteiger partial charge on any atom is 0.254 e. The molecule has 0 aliphatic heterocycles. The number of amides is 1. The summed E-state index contributed by atoms with van der Waals surface area (Å²) in [6.07, 6.45) is 1.02. The van der Waals surface area contributed by atoms with E-state index >= 15 is 0 Å². The number of halogens is 2. The second-order valence-corrected chi connectivity index (χ2v) is 3.14. The first-order valence-electron chi connectivity index (χ1n) is 4.63. The molecule has 1 aromatic heterocycles. The monoisotopic (exact) mass is 281 g/mol. The predicted octanol–water partition coefficient (Wildman–Crippen LogP) is 1.15. The number of anilines is 1. The molecule has 98 valence electrons. The van der Waals surface area contributed by atoms with Gasteiger partial charge in [0.25, 0.3) is 5.91 Å². The SMILES string of the molecule is COC(CN)C(=O)Nc1ccnc(C)c1.Cl.Cl. The van der Waals surface area contributed by atoms with Gasteiger partial charge >= 0.3 is 0 Å². The lowest BCUT2D eigenvalue weighted by molar-refractivity contribution is -0.125. The van der Waals surface area contributed by atoms with E-state index in [-0.39, 0.29) is 37.3 Å². The van der Waals surface area contributed by atoms with Crippen molar-refractivity contribution in [3.63, 3.8) is 0 Å². The summed E-state index contributed by atoms with van der Waals surface area (Å²) in [5, 5.41) is 2.70. The highest BCUT2D eigenvalue weighted by molar-refractivity contribution is 5.94. The molecule has 0 spiro atoms. The number of aromatic nitrogens is 1. The van der Waals surface area contributed by atoms with Crippen molar-refractivity contribution in [2.45, 2.75) is 13.0 Å². The zero-order valence-corrected chi connectivity index (χ0v) is 11.3. The number of carbonyl (C=O) groups is 1. The highest BCUT2D eigenvalue weighted by Gasteiger charge is 2.15. The number of hydrogen-bond donors (Lipinski definition) is 2. The van der Waals surface area contributed by atoms with Crippen LogP contribution in [-0.2, 0) is 9.53 Å². The van der Waals surface area contributed by atoms with Crippen molar-refractivity contribution in [2.24, 2.45) is 5.73 Å². The summed E-state index contributed by atoms with van der Waals surface area (Å²) in [6, 6.07) is 3.50. The zero-order chi connectivity index (χ0) is 11.3. The smallest absolute Gasteiger partial charge is 0.254 e. The van der Waals surface area contributed by atoms with E-state index in [1.807, 2.05) is 6.92 Å². The normalized spacial score (nSPS) is 10.8. The Bertz CT molecular complexity index is 346. The van der Waals surface area contributed by atoms with Crippen molar-refractivity contribution in [3.05, 3.63) is 24.0 Å². The van der Waals surface area contributed by atoms with Crippen LogP contribution in [-0.4, -0.2) is 30.6 Å². The minimum atomic E-state index is -0.613. The molecule has 1 heterocycles. The summed E-state index contributed by atoms with van der Waals surface area (Å²) in [4.78, 5) is 15.6. The van der Waals surface area contributed by atoms with E-state index in [9.17, 15) is 4.79 Å². The molecule has 1 atom stereocenters. The Balaban J connectivity index is 0. The lowest BCUT2D eigenvalue weighted by Gasteiger charge is -2.12. The van der Waals surface area contributed by atoms with Crippen molar-refractivity contribution in [2.75, 3.05) is 19.0 Å². The molecule has 1 unspecified atom stereocenters. The molecule has 1 amide bonds. The minimum Gasteiger partial charge on any atom is -0.370 e. The Morgan fingerprint density at radius 2 is 2.24 bits per heavy atom. The minimum absolute atomic E-state index is 0. The van der Waals surface area contributed by atoms with Crippen LogP contribution >= 0.6 is 24.8 Å². The molecule has 1 rings (SSSR count). The van der Waals surface area contributed by atoms with E-state index in [1.165, 1.54) is 7.11 Å². The molecule has 17 heavy (non-hydrogen) atoms. The number of nitrogens with one attached hydrogen (secondary N) is 1. The average molecular weight is 282 g/mol. The van der Waals surface area contributed by atoms with Crippen molar-refractivity contribution in [3.8, 4) is 0 Å². The molecule has 3 N–H and O–H groups in total. The number of carbonyl (C=O) groups excluding carboxylic acids is 1. The van der Waals surface area contributed by atoms with E-state index in [4.69, 9.17) is 10.5 Å². The molecule has 0 radical (unpaired) electrons. The molecule has 0 aromatic carbocycles. The number of hydrogen-bond acceptors (Lipinski definition) is 4. The van der Waals surface area contributed by atoms with Crippen LogP contribution in [0.5, 0.6) is 0 Å². The van der Waals surface area contributed by atoms with E-state index < -0.39 is 6.10 Å². The standard InChI is InChI=1S/C10H15N3O2.2ClH/c1-7-5-8(3-4-12-7)13-10(14)9(6-11)15-2;;/h3-5,9H,6,11H2,1-2H3,(H,12,13,14);2*1H. The van der Waals surface area contributed by atoms with Crippen LogP contribution in [0, 0.1) is 6.92 Å². The number of nitrogens with two attached hydrogens (primary N) is 1. The van der Waals surface area contributed by atoms with Gasteiger partial charge in [-0.15, -0.1) is 24.8 Å². The number of aryl methyl sites for hydroxylation is 1. The maximum atomic E-state index is 11.5. The van der Waals surface area contributed by atoms with Gasteiger partial charge in [0.1, 0.15) is 6.10 Å². The fraction of sp³-hybridized carbons (Fsp3) is 0.400. The van der Waals surface area contributed by atoms with E-state index in [0.29, 0.717) is 5.69 Å². The molecule has 0 aliphatic rings. The number of ether oxygens (including phenoxy) is 1. The van der Waals surface area contributed by atoms with Crippen molar-refractivity contribution < 1.29 is 9.53 Å². The second-order valence-electron chi connectivity index (χ2n) is 3.14. The Morgan fingerprint density at radius 3 is 2.71 bits per heavy atom. The summed E-state index contributed by atoms with van der Waals surface area (Å²) in [7, 11) is 1.45. The van der Waals surface area contributed by atoms with Gasteiger partial charge in [0.15, 0.2) is 0 Å². The summed E-state index contributed by atoms with van der Waals surface area (Å²) in [5.41, 5.74) is 6.91. The first-order valence-corrected chi connectivity index (χ1v) is 4.63. The fourth-order valence-electron chi connectivity index (χ4n) is 1.16. The van der Waals surface area contributed by atoms with Gasteiger partial charge in [-0.25, -0.2) is 0 Å². The van der Waals surface area contributed by atoms with E-state index in [2.05, 4.69) is 10.3 Å². The van der Waals surface area contributed by atoms with Crippen molar-refractivity contribution >= 4 is 36.4 Å². The first-order chi connectivity index (χ1) is 7.17. The highest BCUT2D eigenvalue weighted by Crippen LogP contribution is 2.07. The van der Waals surface area contributed by atoms with Crippen LogP contribution in [0.15, 0.2) is 18.3 Å². The van der Waals surface area contributed by atoms with E-state index in [1.54, 1.807) is 18.3 Å². The molecule has 5 nitrogen and oxygen atoms in total. The largest absolute Gasteiger partial charge is 0.370 e. The molecule has 0 bridgehead atoms. The maximum absolute atomic E-state index is 11.5. The molecule has 0 saturated heterocycles. The molecule has 7 heteroatoms. The van der Waals surface area contributed by atoms with Gasteiger partial charge in [0.05, 0.1) is 0 Å². The van der Waals surface area contributed by atoms with Crippen LogP contribution in [0.1, 0.15) is 5.69 Å². The van der Waals surface area contributed by atoms with Crippen LogP contribution in [0.25, 0.3) is 0 Å². The van der Waals surface area contributed by atoms with Gasteiger partial charge in [-0.2, -0.15) is 0 Å². The quantitative estimate of drug-likeness (QED) is 0.868. The van der Waals surface area contributed by atoms with Gasteiger partial charge in [-0.05, 0) is 19.1 Å². The summed E-state index contributed by atoms with van der Waals surface area (Å²) in [6.45, 7) is 2.01. The number of methoxy groups -OCH3 is 1. The Hall–Kier alpha value is -0.880. The third kappa shape index (κ3) is 5.83. The molecule has 0 saturated carbocycles. The van der Waals surface area contributed by atoms with Gasteiger partial charge in [-0.3, -0.25) is 9.78 Å². The first kappa shape index (κ1) is 18.5. The van der Waals surface area contributed by atoms with Crippen LogP contribution in [0.4, 0.5) is 5.69 Å². The third-order valence-electron chi connectivity index (χ3n) is 1.96. The van der Waals surface area contributed by atoms with Crippen molar-refractivity contribution in [1.29, 1.82) is 0 Å². The number of nitrogens with zero attached hydrogens (tertiary/aromatic N) is 1. The van der Waals surface area contributed by atoms with Gasteiger partial charge < -0.3 is 15.8 Å². The van der Waals surface area contributed by atoms with Crippen LogP contribution in [0.3, 0.4) is 0 Å². The topological polar surface area (TPSA) is 77.2 Å². The van der Waals surface area contributed by atoms with Crippen LogP contribution in [0.2, 0.25) is 0 Å². The second kappa shape index (κ2) is 9.18. The Kier molecular flexibility index (Phi) is 9.98. The summed E-state index contributed by atoms with van der Waals surface area (Å²) in [5.74, 6) is -0.245. The number of pyridine rings is 1. The lowest BCUT2D eigenvalue weighted by Crippen LogP contribution is -2.35. The van der Waals surface area contributed by atoms with Gasteiger partial charge in [0.2, 0.25) is 0 Å². The zero-order valence-electron chi connectivity index (χ0n) is 9.67. The molecule has 0 aliphatic carbocycles. The predicted molar refractivity (Wildman–Crippen MR) is 72.0 cm³/mol.